The van der Waals surface area contributed by atoms with Crippen molar-refractivity contribution in [1.29, 1.82) is 0 Å². The molecule has 152 valence electrons. The number of carbonyl (C=O) groups is 1. The van der Waals surface area contributed by atoms with Crippen LogP contribution in [0.5, 0.6) is 0 Å². The number of aryl methyl sites for hydroxylation is 1. The van der Waals surface area contributed by atoms with E-state index >= 15 is 0 Å². The van der Waals surface area contributed by atoms with E-state index in [0.29, 0.717) is 54.2 Å². The van der Waals surface area contributed by atoms with Gasteiger partial charge >= 0.3 is 0 Å². The first-order chi connectivity index (χ1) is 13.9. The molecule has 1 fully saturated rings. The van der Waals surface area contributed by atoms with Gasteiger partial charge < -0.3 is 9.42 Å². The summed E-state index contributed by atoms with van der Waals surface area (Å²) in [5.41, 5.74) is 2.86. The number of carbonyl (C=O) groups excluding carboxylic acids is 1. The lowest BCUT2D eigenvalue weighted by molar-refractivity contribution is 0.0700. The highest BCUT2D eigenvalue weighted by atomic mass is 32.2. The maximum Gasteiger partial charge on any atom is 0.259 e. The Bertz CT molecular complexity index is 1150. The van der Waals surface area contributed by atoms with Crippen LogP contribution in [0.15, 0.2) is 40.9 Å². The summed E-state index contributed by atoms with van der Waals surface area (Å²) in [7, 11) is -3.25. The summed E-state index contributed by atoms with van der Waals surface area (Å²) in [6.07, 6.45) is 0. The van der Waals surface area contributed by atoms with E-state index in [1.165, 1.54) is 4.31 Å². The molecule has 3 heterocycles. The van der Waals surface area contributed by atoms with Crippen LogP contribution in [0.25, 0.3) is 22.4 Å². The summed E-state index contributed by atoms with van der Waals surface area (Å²) in [6.45, 7) is 4.70. The van der Waals surface area contributed by atoms with Crippen LogP contribution in [-0.4, -0.2) is 65.6 Å². The fourth-order valence-corrected chi connectivity index (χ4v) is 4.64. The van der Waals surface area contributed by atoms with Crippen LogP contribution < -0.4 is 0 Å². The van der Waals surface area contributed by atoms with Crippen molar-refractivity contribution in [2.24, 2.45) is 0 Å². The Labute approximate surface area is 169 Å². The number of aromatic nitrogens is 2. The highest BCUT2D eigenvalue weighted by molar-refractivity contribution is 7.89. The topological polar surface area (TPSA) is 96.6 Å². The highest BCUT2D eigenvalue weighted by Gasteiger charge is 2.30. The number of rotatable bonds is 4. The molecule has 8 nitrogen and oxygen atoms in total. The van der Waals surface area contributed by atoms with Gasteiger partial charge in [0.15, 0.2) is 0 Å². The van der Waals surface area contributed by atoms with Crippen molar-refractivity contribution in [3.8, 4) is 11.3 Å². The van der Waals surface area contributed by atoms with Gasteiger partial charge in [0.25, 0.3) is 11.6 Å². The molecule has 0 aliphatic carbocycles. The molecule has 0 radical (unpaired) electrons. The van der Waals surface area contributed by atoms with E-state index in [9.17, 15) is 13.2 Å². The van der Waals surface area contributed by atoms with E-state index in [-0.39, 0.29) is 11.7 Å². The number of benzene rings is 1. The number of hydrogen-bond acceptors (Lipinski definition) is 6. The standard InChI is InChI=1S/C20H22N4O4S/c1-3-29(26,27)24-11-9-23(10-12-24)20(25)16-13-14(2)21-19-17(16)18(22-28-19)15-7-5-4-6-8-15/h4-8,13H,3,9-12H2,1-2H3. The Morgan fingerprint density at radius 2 is 1.83 bits per heavy atom. The average molecular weight is 414 g/mol. The van der Waals surface area contributed by atoms with Crippen LogP contribution >= 0.6 is 0 Å². The molecule has 0 spiro atoms. The summed E-state index contributed by atoms with van der Waals surface area (Å²) >= 11 is 0. The van der Waals surface area contributed by atoms with Gasteiger partial charge in [0.05, 0.1) is 16.7 Å². The van der Waals surface area contributed by atoms with Crippen LogP contribution in [0.2, 0.25) is 0 Å². The SMILES string of the molecule is CCS(=O)(=O)N1CCN(C(=O)c2cc(C)nc3onc(-c4ccccc4)c23)CC1. The molecule has 1 aliphatic heterocycles. The van der Waals surface area contributed by atoms with Gasteiger partial charge in [-0.3, -0.25) is 4.79 Å². The summed E-state index contributed by atoms with van der Waals surface area (Å²) in [5, 5.41) is 4.73. The molecule has 9 heteroatoms. The summed E-state index contributed by atoms with van der Waals surface area (Å²) < 4.78 is 31.0. The van der Waals surface area contributed by atoms with E-state index in [2.05, 4.69) is 10.1 Å². The minimum absolute atomic E-state index is 0.0617. The molecular formula is C20H22N4O4S. The van der Waals surface area contributed by atoms with Crippen molar-refractivity contribution in [3.63, 3.8) is 0 Å². The van der Waals surface area contributed by atoms with Gasteiger partial charge in [0, 0.05) is 37.4 Å². The van der Waals surface area contributed by atoms with Crippen LogP contribution in [-0.2, 0) is 10.0 Å². The summed E-state index contributed by atoms with van der Waals surface area (Å²) in [6, 6.07) is 11.2. The molecule has 0 unspecified atom stereocenters. The maximum absolute atomic E-state index is 13.3. The maximum atomic E-state index is 13.3. The zero-order chi connectivity index (χ0) is 20.6. The largest absolute Gasteiger partial charge is 0.336 e. The van der Waals surface area contributed by atoms with Gasteiger partial charge in [-0.2, -0.15) is 4.31 Å². The van der Waals surface area contributed by atoms with Gasteiger partial charge in [-0.05, 0) is 19.9 Å². The van der Waals surface area contributed by atoms with Crippen LogP contribution in [0.1, 0.15) is 23.0 Å². The van der Waals surface area contributed by atoms with Gasteiger partial charge in [-0.25, -0.2) is 13.4 Å². The Hall–Kier alpha value is -2.78. The van der Waals surface area contributed by atoms with E-state index in [0.717, 1.165) is 5.56 Å². The minimum atomic E-state index is -3.25. The lowest BCUT2D eigenvalue weighted by Crippen LogP contribution is -2.50. The Kier molecular flexibility index (Phi) is 5.10. The number of piperazine rings is 1. The van der Waals surface area contributed by atoms with Crippen LogP contribution in [0.3, 0.4) is 0 Å². The van der Waals surface area contributed by atoms with Gasteiger partial charge in [0.2, 0.25) is 10.0 Å². The van der Waals surface area contributed by atoms with Gasteiger partial charge in [0.1, 0.15) is 5.69 Å². The molecule has 0 bridgehead atoms. The third kappa shape index (κ3) is 3.63. The first-order valence-electron chi connectivity index (χ1n) is 9.50. The average Bonchev–Trinajstić information content (AvgIpc) is 3.17. The molecule has 4 rings (SSSR count). The molecule has 0 N–H and O–H groups in total. The molecule has 3 aromatic rings. The number of fused-ring (bicyclic) bond motifs is 1. The molecule has 0 saturated carbocycles. The number of pyridine rings is 1. The fourth-order valence-electron chi connectivity index (χ4n) is 3.56. The molecular weight excluding hydrogens is 392 g/mol. The predicted molar refractivity (Wildman–Crippen MR) is 109 cm³/mol. The number of amides is 1. The van der Waals surface area contributed by atoms with E-state index in [1.54, 1.807) is 24.8 Å². The first kappa shape index (κ1) is 19.5. The van der Waals surface area contributed by atoms with Crippen molar-refractivity contribution >= 4 is 27.0 Å². The zero-order valence-electron chi connectivity index (χ0n) is 16.3. The monoisotopic (exact) mass is 414 g/mol. The Morgan fingerprint density at radius 3 is 2.48 bits per heavy atom. The van der Waals surface area contributed by atoms with Gasteiger partial charge in [-0.15, -0.1) is 0 Å². The Balaban J connectivity index is 1.69. The van der Waals surface area contributed by atoms with Crippen LogP contribution in [0.4, 0.5) is 0 Å². The van der Waals surface area contributed by atoms with E-state index in [4.69, 9.17) is 4.52 Å². The predicted octanol–water partition coefficient (Wildman–Crippen LogP) is 2.31. The second-order valence-corrected chi connectivity index (χ2v) is 9.24. The lowest BCUT2D eigenvalue weighted by Gasteiger charge is -2.34. The molecule has 1 aliphatic rings. The summed E-state index contributed by atoms with van der Waals surface area (Å²) in [5.74, 6) is -0.110. The van der Waals surface area contributed by atoms with Crippen molar-refractivity contribution in [2.45, 2.75) is 13.8 Å². The minimum Gasteiger partial charge on any atom is -0.336 e. The van der Waals surface area contributed by atoms with Crippen LogP contribution in [0, 0.1) is 6.92 Å². The van der Waals surface area contributed by atoms with Crippen molar-refractivity contribution in [2.75, 3.05) is 31.9 Å². The van der Waals surface area contributed by atoms with Crippen molar-refractivity contribution < 1.29 is 17.7 Å². The van der Waals surface area contributed by atoms with Crippen molar-refractivity contribution in [1.82, 2.24) is 19.3 Å². The van der Waals surface area contributed by atoms with E-state index < -0.39 is 10.0 Å². The summed E-state index contributed by atoms with van der Waals surface area (Å²) in [4.78, 5) is 19.4. The number of hydrogen-bond donors (Lipinski definition) is 0. The van der Waals surface area contributed by atoms with Crippen molar-refractivity contribution in [3.05, 3.63) is 47.7 Å². The second kappa shape index (κ2) is 7.57. The Morgan fingerprint density at radius 1 is 1.14 bits per heavy atom. The number of sulfonamides is 1. The molecule has 1 saturated heterocycles. The molecule has 1 amide bonds. The molecule has 1 aromatic carbocycles. The normalized spacial score (nSPS) is 15.7. The fraction of sp³-hybridized carbons (Fsp3) is 0.350. The molecule has 29 heavy (non-hydrogen) atoms. The highest BCUT2D eigenvalue weighted by Crippen LogP contribution is 2.31. The molecule has 2 aromatic heterocycles. The second-order valence-electron chi connectivity index (χ2n) is 6.98. The first-order valence-corrected chi connectivity index (χ1v) is 11.1. The van der Waals surface area contributed by atoms with E-state index in [1.807, 2.05) is 30.3 Å². The van der Waals surface area contributed by atoms with Gasteiger partial charge in [-0.1, -0.05) is 35.5 Å². The lowest BCUT2D eigenvalue weighted by atomic mass is 10.0. The zero-order valence-corrected chi connectivity index (χ0v) is 17.1. The quantitative estimate of drug-likeness (QED) is 0.650. The number of nitrogens with zero attached hydrogens (tertiary/aromatic N) is 4. The molecule has 0 atom stereocenters. The smallest absolute Gasteiger partial charge is 0.259 e. The third-order valence-corrected chi connectivity index (χ3v) is 7.02. The third-order valence-electron chi connectivity index (χ3n) is 5.14.